The van der Waals surface area contributed by atoms with Gasteiger partial charge < -0.3 is 14.9 Å². The third-order valence-electron chi connectivity index (χ3n) is 4.29. The van der Waals surface area contributed by atoms with Crippen molar-refractivity contribution in [2.45, 2.75) is 12.5 Å². The van der Waals surface area contributed by atoms with Gasteiger partial charge in [0.1, 0.15) is 0 Å². The fourth-order valence-corrected chi connectivity index (χ4v) is 3.77. The lowest BCUT2D eigenvalue weighted by molar-refractivity contribution is -0.151. The molecule has 0 saturated carbocycles. The molecule has 2 heterocycles. The Bertz CT molecular complexity index is 803. The minimum atomic E-state index is -1.06. The van der Waals surface area contributed by atoms with E-state index in [0.29, 0.717) is 23.4 Å². The predicted octanol–water partition coefficient (Wildman–Crippen LogP) is 2.03. The lowest BCUT2D eigenvalue weighted by Crippen LogP contribution is -2.47. The van der Waals surface area contributed by atoms with Gasteiger partial charge in [-0.2, -0.15) is 0 Å². The number of benzene rings is 1. The number of rotatable bonds is 4. The zero-order valence-electron chi connectivity index (χ0n) is 13.7. The van der Waals surface area contributed by atoms with Crippen molar-refractivity contribution >= 4 is 29.1 Å². The second-order valence-electron chi connectivity index (χ2n) is 5.92. The van der Waals surface area contributed by atoms with Crippen LogP contribution in [0.15, 0.2) is 41.8 Å². The van der Waals surface area contributed by atoms with Crippen molar-refractivity contribution < 1.29 is 19.5 Å². The maximum Gasteiger partial charge on any atom is 0.331 e. The normalized spacial score (nSPS) is 16.2. The average molecular weight is 358 g/mol. The van der Waals surface area contributed by atoms with Crippen LogP contribution in [0.25, 0.3) is 0 Å². The molecule has 1 aliphatic heterocycles. The summed E-state index contributed by atoms with van der Waals surface area (Å²) in [7, 11) is 1.55. The molecule has 1 N–H and O–H groups in total. The molecule has 0 radical (unpaired) electrons. The Kier molecular flexibility index (Phi) is 4.85. The number of hydrogen-bond acceptors (Lipinski definition) is 4. The monoisotopic (exact) mass is 358 g/mol. The summed E-state index contributed by atoms with van der Waals surface area (Å²) in [4.78, 5) is 40.0. The summed E-state index contributed by atoms with van der Waals surface area (Å²) in [5, 5.41) is 11.4. The van der Waals surface area contributed by atoms with Gasteiger partial charge in [0, 0.05) is 13.6 Å². The molecule has 0 aliphatic carbocycles. The van der Waals surface area contributed by atoms with Crippen molar-refractivity contribution in [3.8, 4) is 0 Å². The van der Waals surface area contributed by atoms with Crippen LogP contribution in [-0.4, -0.2) is 52.8 Å². The fourth-order valence-electron chi connectivity index (χ4n) is 3.06. The first-order chi connectivity index (χ1) is 12.0. The van der Waals surface area contributed by atoms with Crippen LogP contribution in [0, 0.1) is 0 Å². The highest BCUT2D eigenvalue weighted by Crippen LogP contribution is 2.30. The molecule has 6 nitrogen and oxygen atoms in total. The molecule has 25 heavy (non-hydrogen) atoms. The number of carboxylic acids is 1. The van der Waals surface area contributed by atoms with E-state index in [0.717, 1.165) is 5.56 Å². The zero-order valence-corrected chi connectivity index (χ0v) is 14.5. The molecule has 3 rings (SSSR count). The molecule has 0 bridgehead atoms. The molecule has 0 spiro atoms. The SMILES string of the molecule is CN(CC(=O)N1CCc2ccccc2C1C(=O)O)C(=O)c1cccs1. The number of carbonyl (C=O) groups is 3. The van der Waals surface area contributed by atoms with Crippen molar-refractivity contribution in [3.05, 3.63) is 57.8 Å². The highest BCUT2D eigenvalue weighted by Gasteiger charge is 2.36. The van der Waals surface area contributed by atoms with Crippen molar-refractivity contribution in [1.29, 1.82) is 0 Å². The van der Waals surface area contributed by atoms with E-state index in [1.165, 1.54) is 21.1 Å². The minimum Gasteiger partial charge on any atom is -0.479 e. The van der Waals surface area contributed by atoms with Crippen molar-refractivity contribution in [1.82, 2.24) is 9.80 Å². The van der Waals surface area contributed by atoms with E-state index < -0.39 is 12.0 Å². The smallest absolute Gasteiger partial charge is 0.331 e. The summed E-state index contributed by atoms with van der Waals surface area (Å²) in [5.74, 6) is -1.67. The number of nitrogens with zero attached hydrogens (tertiary/aromatic N) is 2. The van der Waals surface area contributed by atoms with Crippen molar-refractivity contribution in [3.63, 3.8) is 0 Å². The third kappa shape index (κ3) is 3.41. The summed E-state index contributed by atoms with van der Waals surface area (Å²) in [6, 6.07) is 9.73. The second kappa shape index (κ2) is 7.06. The summed E-state index contributed by atoms with van der Waals surface area (Å²) in [6.45, 7) is 0.177. The number of hydrogen-bond donors (Lipinski definition) is 1. The van der Waals surface area contributed by atoms with Crippen LogP contribution in [0.5, 0.6) is 0 Å². The molecule has 1 aromatic carbocycles. The van der Waals surface area contributed by atoms with Gasteiger partial charge in [-0.15, -0.1) is 11.3 Å². The van der Waals surface area contributed by atoms with E-state index in [1.807, 2.05) is 12.1 Å². The molecule has 7 heteroatoms. The van der Waals surface area contributed by atoms with Gasteiger partial charge in [0.2, 0.25) is 5.91 Å². The lowest BCUT2D eigenvalue weighted by atomic mass is 9.92. The first-order valence-corrected chi connectivity index (χ1v) is 8.76. The van der Waals surface area contributed by atoms with Gasteiger partial charge in [-0.1, -0.05) is 30.3 Å². The number of aliphatic carboxylic acids is 1. The molecule has 0 fully saturated rings. The Balaban J connectivity index is 1.77. The van der Waals surface area contributed by atoms with E-state index in [1.54, 1.807) is 36.7 Å². The first kappa shape index (κ1) is 17.2. The summed E-state index contributed by atoms with van der Waals surface area (Å²) < 4.78 is 0. The number of thiophene rings is 1. The molecule has 1 atom stereocenters. The average Bonchev–Trinajstić information content (AvgIpc) is 3.14. The van der Waals surface area contributed by atoms with Crippen LogP contribution in [0.2, 0.25) is 0 Å². The Labute approximate surface area is 149 Å². The molecule has 1 aliphatic rings. The molecule has 0 saturated heterocycles. The van der Waals surface area contributed by atoms with E-state index in [-0.39, 0.29) is 18.4 Å². The molecular formula is C18H18N2O4S. The minimum absolute atomic E-state index is 0.150. The van der Waals surface area contributed by atoms with Crippen LogP contribution >= 0.6 is 11.3 Å². The van der Waals surface area contributed by atoms with E-state index in [9.17, 15) is 19.5 Å². The summed E-state index contributed by atoms with van der Waals surface area (Å²) in [5.41, 5.74) is 1.59. The van der Waals surface area contributed by atoms with Gasteiger partial charge in [-0.3, -0.25) is 9.59 Å². The number of amides is 2. The number of carbonyl (C=O) groups excluding carboxylic acids is 2. The van der Waals surface area contributed by atoms with Crippen LogP contribution < -0.4 is 0 Å². The molecular weight excluding hydrogens is 340 g/mol. The Hall–Kier alpha value is -2.67. The predicted molar refractivity (Wildman–Crippen MR) is 93.5 cm³/mol. The van der Waals surface area contributed by atoms with Gasteiger partial charge in [-0.05, 0) is 29.0 Å². The standard InChI is InChI=1S/C18H18N2O4S/c1-19(17(22)14-7-4-10-25-14)11-15(21)20-9-8-12-5-2-3-6-13(12)16(20)18(23)24/h2-7,10,16H,8-9,11H2,1H3,(H,23,24). The van der Waals surface area contributed by atoms with Gasteiger partial charge in [0.25, 0.3) is 5.91 Å². The maximum atomic E-state index is 12.7. The molecule has 1 unspecified atom stereocenters. The summed E-state index contributed by atoms with van der Waals surface area (Å²) in [6.07, 6.45) is 0.605. The first-order valence-electron chi connectivity index (χ1n) is 7.88. The second-order valence-corrected chi connectivity index (χ2v) is 6.86. The number of carboxylic acid groups (broad SMARTS) is 1. The molecule has 130 valence electrons. The quantitative estimate of drug-likeness (QED) is 0.907. The van der Waals surface area contributed by atoms with E-state index in [2.05, 4.69) is 0 Å². The van der Waals surface area contributed by atoms with Crippen molar-refractivity contribution in [2.24, 2.45) is 0 Å². The lowest BCUT2D eigenvalue weighted by Gasteiger charge is -2.35. The molecule has 2 aromatic rings. The molecule has 2 amide bonds. The highest BCUT2D eigenvalue weighted by molar-refractivity contribution is 7.12. The number of likely N-dealkylation sites (N-methyl/N-ethyl adjacent to an activating group) is 1. The number of fused-ring (bicyclic) bond motifs is 1. The molecule has 1 aromatic heterocycles. The highest BCUT2D eigenvalue weighted by atomic mass is 32.1. The fraction of sp³-hybridized carbons (Fsp3) is 0.278. The van der Waals surface area contributed by atoms with Crippen LogP contribution in [0.1, 0.15) is 26.8 Å². The van der Waals surface area contributed by atoms with E-state index in [4.69, 9.17) is 0 Å². The Morgan fingerprint density at radius 3 is 2.68 bits per heavy atom. The van der Waals surface area contributed by atoms with E-state index >= 15 is 0 Å². The topological polar surface area (TPSA) is 77.9 Å². The van der Waals surface area contributed by atoms with Crippen LogP contribution in [-0.2, 0) is 16.0 Å². The Morgan fingerprint density at radius 1 is 1.24 bits per heavy atom. The van der Waals surface area contributed by atoms with Crippen LogP contribution in [0.4, 0.5) is 0 Å². The largest absolute Gasteiger partial charge is 0.479 e. The third-order valence-corrected chi connectivity index (χ3v) is 5.15. The van der Waals surface area contributed by atoms with Crippen LogP contribution in [0.3, 0.4) is 0 Å². The Morgan fingerprint density at radius 2 is 2.00 bits per heavy atom. The zero-order chi connectivity index (χ0) is 18.0. The van der Waals surface area contributed by atoms with Crippen molar-refractivity contribution in [2.75, 3.05) is 20.1 Å². The van der Waals surface area contributed by atoms with Gasteiger partial charge in [-0.25, -0.2) is 4.79 Å². The van der Waals surface area contributed by atoms with Gasteiger partial charge >= 0.3 is 5.97 Å². The maximum absolute atomic E-state index is 12.7. The van der Waals surface area contributed by atoms with Gasteiger partial charge in [0.15, 0.2) is 6.04 Å². The van der Waals surface area contributed by atoms with Gasteiger partial charge in [0.05, 0.1) is 11.4 Å². The summed E-state index contributed by atoms with van der Waals surface area (Å²) >= 11 is 1.31.